The molecule has 1 aromatic carbocycles. The van der Waals surface area contributed by atoms with Gasteiger partial charge in [-0.1, -0.05) is 29.0 Å². The van der Waals surface area contributed by atoms with Crippen LogP contribution in [0.15, 0.2) is 44.9 Å². The van der Waals surface area contributed by atoms with E-state index < -0.39 is 16.0 Å². The predicted octanol–water partition coefficient (Wildman–Crippen LogP) is 3.12. The van der Waals surface area contributed by atoms with Crippen LogP contribution in [0, 0.1) is 5.92 Å². The van der Waals surface area contributed by atoms with Crippen LogP contribution in [-0.4, -0.2) is 49.4 Å². The average molecular weight is 514 g/mol. The Morgan fingerprint density at radius 3 is 2.66 bits per heavy atom. The van der Waals surface area contributed by atoms with Crippen LogP contribution in [0.4, 0.5) is 0 Å². The summed E-state index contributed by atoms with van der Waals surface area (Å²) < 4.78 is 34.3. The van der Waals surface area contributed by atoms with Gasteiger partial charge in [-0.05, 0) is 42.5 Å². The summed E-state index contributed by atoms with van der Waals surface area (Å²) in [6.45, 7) is 0.439. The maximum atomic E-state index is 12.9. The molecule has 8 nitrogen and oxygen atoms in total. The number of halogens is 1. The molecular formula is C20H20ClN3O5S3. The highest BCUT2D eigenvalue weighted by Crippen LogP contribution is 2.27. The Hall–Kier alpha value is -2.05. The summed E-state index contributed by atoms with van der Waals surface area (Å²) in [5.41, 5.74) is 0.730. The number of aromatic nitrogens is 1. The Bertz CT molecular complexity index is 1320. The van der Waals surface area contributed by atoms with Crippen LogP contribution >= 0.6 is 34.3 Å². The largest absolute Gasteiger partial charge is 0.468 e. The third kappa shape index (κ3) is 4.67. The average Bonchev–Trinajstić information content (AvgIpc) is 3.43. The molecule has 1 aliphatic heterocycles. The van der Waals surface area contributed by atoms with Gasteiger partial charge in [0.25, 0.3) is 15.9 Å². The lowest BCUT2D eigenvalue weighted by atomic mass is 9.98. The van der Waals surface area contributed by atoms with Gasteiger partial charge in [-0.2, -0.15) is 9.30 Å². The first-order chi connectivity index (χ1) is 15.3. The van der Waals surface area contributed by atoms with Crippen molar-refractivity contribution in [2.24, 2.45) is 10.9 Å². The molecule has 3 aromatic rings. The van der Waals surface area contributed by atoms with E-state index in [0.717, 1.165) is 10.2 Å². The molecule has 1 saturated heterocycles. The molecule has 0 saturated carbocycles. The SMILES string of the molecule is COC(=O)Cn1c(=NC(=O)C2CCN(S(=O)(=O)c3cccs3)CC2)sc2cc(Cl)ccc21. The van der Waals surface area contributed by atoms with Crippen molar-refractivity contribution >= 4 is 66.4 Å². The number of nitrogens with zero attached hydrogens (tertiary/aromatic N) is 3. The van der Waals surface area contributed by atoms with Gasteiger partial charge in [0, 0.05) is 24.0 Å². The van der Waals surface area contributed by atoms with Crippen LogP contribution in [0.3, 0.4) is 0 Å². The van der Waals surface area contributed by atoms with Crippen molar-refractivity contribution in [1.82, 2.24) is 8.87 Å². The number of thiazole rings is 1. The van der Waals surface area contributed by atoms with Crippen molar-refractivity contribution in [2.45, 2.75) is 23.6 Å². The molecule has 2 aromatic heterocycles. The van der Waals surface area contributed by atoms with E-state index in [1.807, 2.05) is 0 Å². The quantitative estimate of drug-likeness (QED) is 0.488. The Balaban J connectivity index is 1.56. The lowest BCUT2D eigenvalue weighted by molar-refractivity contribution is -0.141. The Morgan fingerprint density at radius 2 is 2.00 bits per heavy atom. The Morgan fingerprint density at radius 1 is 1.25 bits per heavy atom. The molecule has 12 heteroatoms. The van der Waals surface area contributed by atoms with E-state index in [2.05, 4.69) is 4.99 Å². The lowest BCUT2D eigenvalue weighted by Gasteiger charge is -2.29. The fraction of sp³-hybridized carbons (Fsp3) is 0.350. The number of hydrogen-bond acceptors (Lipinski definition) is 7. The van der Waals surface area contributed by atoms with Crippen LogP contribution < -0.4 is 4.80 Å². The smallest absolute Gasteiger partial charge is 0.325 e. The zero-order valence-corrected chi connectivity index (χ0v) is 20.3. The number of piperidine rings is 1. The number of methoxy groups -OCH3 is 1. The first-order valence-electron chi connectivity index (χ1n) is 9.77. The summed E-state index contributed by atoms with van der Waals surface area (Å²) in [5, 5.41) is 2.27. The molecule has 0 radical (unpaired) electrons. The number of benzene rings is 1. The van der Waals surface area contributed by atoms with Gasteiger partial charge in [0.05, 0.1) is 17.3 Å². The molecule has 0 aliphatic carbocycles. The monoisotopic (exact) mass is 513 g/mol. The maximum absolute atomic E-state index is 12.9. The molecule has 1 aliphatic rings. The van der Waals surface area contributed by atoms with Crippen LogP contribution in [-0.2, 0) is 30.9 Å². The number of carbonyl (C=O) groups is 2. The fourth-order valence-electron chi connectivity index (χ4n) is 3.54. The molecule has 0 N–H and O–H groups in total. The second-order valence-electron chi connectivity index (χ2n) is 7.22. The van der Waals surface area contributed by atoms with E-state index in [-0.39, 0.29) is 31.5 Å². The van der Waals surface area contributed by atoms with Crippen molar-refractivity contribution in [1.29, 1.82) is 0 Å². The molecule has 0 spiro atoms. The molecule has 1 fully saturated rings. The highest BCUT2D eigenvalue weighted by atomic mass is 35.5. The van der Waals surface area contributed by atoms with Gasteiger partial charge < -0.3 is 9.30 Å². The van der Waals surface area contributed by atoms with Gasteiger partial charge in [0.1, 0.15) is 10.8 Å². The summed E-state index contributed by atoms with van der Waals surface area (Å²) in [5.74, 6) is -1.17. The number of sulfonamides is 1. The van der Waals surface area contributed by atoms with Crippen LogP contribution in [0.25, 0.3) is 10.2 Å². The number of amides is 1. The molecule has 4 rings (SSSR count). The minimum absolute atomic E-state index is 0.0816. The third-order valence-electron chi connectivity index (χ3n) is 5.26. The first-order valence-corrected chi connectivity index (χ1v) is 13.3. The minimum atomic E-state index is -3.53. The number of rotatable bonds is 5. The summed E-state index contributed by atoms with van der Waals surface area (Å²) in [4.78, 5) is 29.5. The number of fused-ring (bicyclic) bond motifs is 1. The van der Waals surface area contributed by atoms with Crippen LogP contribution in [0.5, 0.6) is 0 Å². The number of thiophene rings is 1. The standard InChI is InChI=1S/C20H20ClN3O5S3/c1-29-17(25)12-24-15-5-4-14(21)11-16(15)31-20(24)22-19(26)13-6-8-23(9-7-13)32(27,28)18-3-2-10-30-18/h2-5,10-11,13H,6-9,12H2,1H3. The van der Waals surface area contributed by atoms with Gasteiger partial charge >= 0.3 is 5.97 Å². The van der Waals surface area contributed by atoms with Crippen molar-refractivity contribution in [3.63, 3.8) is 0 Å². The second-order valence-corrected chi connectivity index (χ2v) is 11.8. The summed E-state index contributed by atoms with van der Waals surface area (Å²) in [6, 6.07) is 8.52. The molecule has 170 valence electrons. The molecular weight excluding hydrogens is 494 g/mol. The van der Waals surface area contributed by atoms with Gasteiger partial charge in [-0.15, -0.1) is 11.3 Å². The third-order valence-corrected chi connectivity index (χ3v) is 9.81. The zero-order chi connectivity index (χ0) is 22.9. The van der Waals surface area contributed by atoms with Crippen molar-refractivity contribution in [2.75, 3.05) is 20.2 Å². The van der Waals surface area contributed by atoms with Gasteiger partial charge in [-0.25, -0.2) is 8.42 Å². The number of ether oxygens (including phenoxy) is 1. The van der Waals surface area contributed by atoms with E-state index in [0.29, 0.717) is 26.9 Å². The molecule has 1 amide bonds. The van der Waals surface area contributed by atoms with Crippen molar-refractivity contribution in [3.8, 4) is 0 Å². The predicted molar refractivity (Wildman–Crippen MR) is 123 cm³/mol. The molecule has 32 heavy (non-hydrogen) atoms. The number of carbonyl (C=O) groups excluding carboxylic acids is 2. The van der Waals surface area contributed by atoms with Crippen LogP contribution in [0.2, 0.25) is 5.02 Å². The first kappa shape index (κ1) is 23.1. The molecule has 0 bridgehead atoms. The van der Waals surface area contributed by atoms with Crippen molar-refractivity contribution < 1.29 is 22.7 Å². The number of hydrogen-bond donors (Lipinski definition) is 0. The minimum Gasteiger partial charge on any atom is -0.468 e. The number of esters is 1. The summed E-state index contributed by atoms with van der Waals surface area (Å²) in [6.07, 6.45) is 0.779. The molecule has 0 atom stereocenters. The maximum Gasteiger partial charge on any atom is 0.325 e. The van der Waals surface area contributed by atoms with E-state index in [1.165, 1.54) is 34.1 Å². The highest BCUT2D eigenvalue weighted by Gasteiger charge is 2.32. The van der Waals surface area contributed by atoms with Gasteiger partial charge in [-0.3, -0.25) is 9.59 Å². The topological polar surface area (TPSA) is 98.0 Å². The van der Waals surface area contributed by atoms with E-state index in [1.54, 1.807) is 40.3 Å². The van der Waals surface area contributed by atoms with E-state index in [9.17, 15) is 18.0 Å². The van der Waals surface area contributed by atoms with E-state index >= 15 is 0 Å². The highest BCUT2D eigenvalue weighted by molar-refractivity contribution is 7.91. The Labute approximate surface area is 197 Å². The van der Waals surface area contributed by atoms with Crippen molar-refractivity contribution in [3.05, 3.63) is 45.5 Å². The van der Waals surface area contributed by atoms with Gasteiger partial charge in [0.15, 0.2) is 4.80 Å². The zero-order valence-electron chi connectivity index (χ0n) is 17.1. The van der Waals surface area contributed by atoms with Gasteiger partial charge in [0.2, 0.25) is 0 Å². The lowest BCUT2D eigenvalue weighted by Crippen LogP contribution is -2.40. The molecule has 0 unspecified atom stereocenters. The molecule has 3 heterocycles. The fourth-order valence-corrected chi connectivity index (χ4v) is 7.47. The normalized spacial score (nSPS) is 16.5. The second kappa shape index (κ2) is 9.44. The van der Waals surface area contributed by atoms with Crippen LogP contribution in [0.1, 0.15) is 12.8 Å². The Kier molecular flexibility index (Phi) is 6.82. The summed E-state index contributed by atoms with van der Waals surface area (Å²) >= 11 is 8.53. The summed E-state index contributed by atoms with van der Waals surface area (Å²) in [7, 11) is -2.23. The van der Waals surface area contributed by atoms with E-state index in [4.69, 9.17) is 16.3 Å².